The average molecular weight is 370 g/mol. The maximum atomic E-state index is 12.7. The molecule has 144 valence electrons. The topological polar surface area (TPSA) is 65.1 Å². The van der Waals surface area contributed by atoms with E-state index in [9.17, 15) is 9.59 Å². The number of epoxide rings is 1. The summed E-state index contributed by atoms with van der Waals surface area (Å²) in [5.41, 5.74) is 0.987. The molecule has 1 saturated heterocycles. The number of cyclic esters (lactones) is 1. The lowest BCUT2D eigenvalue weighted by Crippen LogP contribution is -2.45. The molecule has 1 aliphatic carbocycles. The number of fused-ring (bicyclic) bond motifs is 2. The van der Waals surface area contributed by atoms with Crippen LogP contribution in [0.5, 0.6) is 0 Å². The van der Waals surface area contributed by atoms with Crippen LogP contribution in [0, 0.1) is 23.7 Å². The van der Waals surface area contributed by atoms with E-state index < -0.39 is 5.97 Å². The van der Waals surface area contributed by atoms with Crippen molar-refractivity contribution in [2.45, 2.75) is 38.9 Å². The minimum Gasteiger partial charge on any atom is -0.460 e. The number of carbonyl (C=O) groups excluding carboxylic acids is 2. The molecule has 0 bridgehead atoms. The second-order valence-corrected chi connectivity index (χ2v) is 8.22. The van der Waals surface area contributed by atoms with Gasteiger partial charge in [0.05, 0.1) is 18.1 Å². The van der Waals surface area contributed by atoms with E-state index in [1.165, 1.54) is 0 Å². The number of rotatable bonds is 4. The Morgan fingerprint density at radius 3 is 2.70 bits per heavy atom. The van der Waals surface area contributed by atoms with Crippen LogP contribution in [0.15, 0.2) is 42.0 Å². The largest absolute Gasteiger partial charge is 0.460 e. The monoisotopic (exact) mass is 370 g/mol. The minimum absolute atomic E-state index is 0.0274. The predicted octanol–water partition coefficient (Wildman–Crippen LogP) is 3.28. The highest BCUT2D eigenvalue weighted by Crippen LogP contribution is 2.54. The maximum Gasteiger partial charge on any atom is 0.337 e. The quantitative estimate of drug-likeness (QED) is 0.601. The molecule has 0 aromatic heterocycles. The van der Waals surface area contributed by atoms with Crippen LogP contribution in [0.4, 0.5) is 0 Å². The zero-order valence-electron chi connectivity index (χ0n) is 15.9. The fourth-order valence-corrected chi connectivity index (χ4v) is 4.60. The van der Waals surface area contributed by atoms with Crippen LogP contribution in [-0.2, 0) is 30.4 Å². The standard InChI is InChI=1S/C22H26O5/c1-14(2)17-8-9-22(13-27-22)19-18(17)10-16(12-26-21(19)24)20(23)25-11-15-6-4-3-5-7-15/h3-7,10,14,17-19H,8-9,11-13H2,1-2H3/t17-,18+,19-,22-/m1/s1. The first-order chi connectivity index (χ1) is 13.0. The van der Waals surface area contributed by atoms with Crippen molar-refractivity contribution in [2.24, 2.45) is 23.7 Å². The maximum absolute atomic E-state index is 12.7. The van der Waals surface area contributed by atoms with Gasteiger partial charge in [0.2, 0.25) is 0 Å². The van der Waals surface area contributed by atoms with Gasteiger partial charge in [-0.25, -0.2) is 4.79 Å². The van der Waals surface area contributed by atoms with Crippen molar-refractivity contribution >= 4 is 11.9 Å². The number of benzene rings is 1. The summed E-state index contributed by atoms with van der Waals surface area (Å²) in [4.78, 5) is 25.4. The third-order valence-electron chi connectivity index (χ3n) is 6.21. The van der Waals surface area contributed by atoms with Crippen LogP contribution in [0.3, 0.4) is 0 Å². The number of carbonyl (C=O) groups is 2. The molecule has 27 heavy (non-hydrogen) atoms. The van der Waals surface area contributed by atoms with Crippen LogP contribution in [0.1, 0.15) is 32.3 Å². The summed E-state index contributed by atoms with van der Waals surface area (Å²) >= 11 is 0. The number of hydrogen-bond donors (Lipinski definition) is 0. The molecule has 1 saturated carbocycles. The first-order valence-electron chi connectivity index (χ1n) is 9.72. The van der Waals surface area contributed by atoms with E-state index in [0.29, 0.717) is 24.0 Å². The van der Waals surface area contributed by atoms with Gasteiger partial charge in [0, 0.05) is 0 Å². The molecule has 4 atom stereocenters. The molecule has 2 heterocycles. The number of hydrogen-bond acceptors (Lipinski definition) is 5. The Balaban J connectivity index is 1.56. The molecule has 1 aromatic carbocycles. The smallest absolute Gasteiger partial charge is 0.337 e. The third kappa shape index (κ3) is 3.53. The van der Waals surface area contributed by atoms with E-state index in [4.69, 9.17) is 14.2 Å². The lowest BCUT2D eigenvalue weighted by Gasteiger charge is -2.40. The van der Waals surface area contributed by atoms with Gasteiger partial charge in [0.1, 0.15) is 18.8 Å². The lowest BCUT2D eigenvalue weighted by molar-refractivity contribution is -0.154. The predicted molar refractivity (Wildman–Crippen MR) is 98.5 cm³/mol. The molecular weight excluding hydrogens is 344 g/mol. The summed E-state index contributed by atoms with van der Waals surface area (Å²) in [6.45, 7) is 5.13. The highest BCUT2D eigenvalue weighted by atomic mass is 16.6. The molecule has 0 N–H and O–H groups in total. The van der Waals surface area contributed by atoms with E-state index in [0.717, 1.165) is 18.4 Å². The molecule has 0 radical (unpaired) electrons. The highest BCUT2D eigenvalue weighted by molar-refractivity contribution is 5.90. The Kier molecular flexibility index (Phi) is 4.81. The first kappa shape index (κ1) is 18.2. The Bertz CT molecular complexity index is 747. The Labute approximate surface area is 159 Å². The number of esters is 2. The molecule has 1 aromatic rings. The Morgan fingerprint density at radius 1 is 1.30 bits per heavy atom. The van der Waals surface area contributed by atoms with Crippen LogP contribution in [0.25, 0.3) is 0 Å². The van der Waals surface area contributed by atoms with Crippen LogP contribution >= 0.6 is 0 Å². The third-order valence-corrected chi connectivity index (χ3v) is 6.21. The molecule has 0 amide bonds. The summed E-state index contributed by atoms with van der Waals surface area (Å²) < 4.78 is 16.7. The molecule has 5 heteroatoms. The van der Waals surface area contributed by atoms with Gasteiger partial charge in [-0.3, -0.25) is 4.79 Å². The molecule has 5 nitrogen and oxygen atoms in total. The van der Waals surface area contributed by atoms with Gasteiger partial charge in [0.15, 0.2) is 0 Å². The van der Waals surface area contributed by atoms with Crippen molar-refractivity contribution in [3.05, 3.63) is 47.5 Å². The normalized spacial score (nSPS) is 32.3. The van der Waals surface area contributed by atoms with Gasteiger partial charge in [0.25, 0.3) is 0 Å². The van der Waals surface area contributed by atoms with Gasteiger partial charge in [-0.15, -0.1) is 0 Å². The van der Waals surface area contributed by atoms with Crippen LogP contribution in [-0.4, -0.2) is 30.8 Å². The van der Waals surface area contributed by atoms with Crippen molar-refractivity contribution < 1.29 is 23.8 Å². The van der Waals surface area contributed by atoms with Crippen molar-refractivity contribution in [1.82, 2.24) is 0 Å². The van der Waals surface area contributed by atoms with E-state index in [1.54, 1.807) is 0 Å². The molecule has 2 fully saturated rings. The summed E-state index contributed by atoms with van der Waals surface area (Å²) in [5, 5.41) is 0. The van der Waals surface area contributed by atoms with E-state index in [2.05, 4.69) is 13.8 Å². The summed E-state index contributed by atoms with van der Waals surface area (Å²) in [5.74, 6) is -0.283. The fraction of sp³-hybridized carbons (Fsp3) is 0.545. The number of ether oxygens (including phenoxy) is 3. The van der Waals surface area contributed by atoms with E-state index in [-0.39, 0.29) is 36.6 Å². The Hall–Kier alpha value is -2.14. The molecule has 4 rings (SSSR count). The highest BCUT2D eigenvalue weighted by Gasteiger charge is 2.62. The molecular formula is C22H26O5. The fourth-order valence-electron chi connectivity index (χ4n) is 4.60. The summed E-state index contributed by atoms with van der Waals surface area (Å²) in [6.07, 6.45) is 3.82. The number of allylic oxidation sites excluding steroid dienone is 1. The second kappa shape index (κ2) is 7.12. The molecule has 2 aliphatic heterocycles. The van der Waals surface area contributed by atoms with Crippen LogP contribution < -0.4 is 0 Å². The van der Waals surface area contributed by atoms with Gasteiger partial charge < -0.3 is 14.2 Å². The van der Waals surface area contributed by atoms with Crippen molar-refractivity contribution in [1.29, 1.82) is 0 Å². The summed E-state index contributed by atoms with van der Waals surface area (Å²) in [6, 6.07) is 9.56. The minimum atomic E-state index is -0.411. The van der Waals surface area contributed by atoms with Crippen molar-refractivity contribution in [3.8, 4) is 0 Å². The van der Waals surface area contributed by atoms with Crippen molar-refractivity contribution in [3.63, 3.8) is 0 Å². The van der Waals surface area contributed by atoms with Gasteiger partial charge in [-0.05, 0) is 36.2 Å². The van der Waals surface area contributed by atoms with Gasteiger partial charge in [-0.2, -0.15) is 0 Å². The lowest BCUT2D eigenvalue weighted by atomic mass is 9.63. The van der Waals surface area contributed by atoms with Crippen LogP contribution in [0.2, 0.25) is 0 Å². The van der Waals surface area contributed by atoms with Gasteiger partial charge >= 0.3 is 11.9 Å². The van der Waals surface area contributed by atoms with Gasteiger partial charge in [-0.1, -0.05) is 50.3 Å². The molecule has 3 aliphatic rings. The Morgan fingerprint density at radius 2 is 2.04 bits per heavy atom. The second-order valence-electron chi connectivity index (χ2n) is 8.22. The van der Waals surface area contributed by atoms with E-state index in [1.807, 2.05) is 36.4 Å². The van der Waals surface area contributed by atoms with Crippen molar-refractivity contribution in [2.75, 3.05) is 13.2 Å². The zero-order valence-corrected chi connectivity index (χ0v) is 15.9. The first-order valence-corrected chi connectivity index (χ1v) is 9.72. The van der Waals surface area contributed by atoms with E-state index >= 15 is 0 Å². The summed E-state index contributed by atoms with van der Waals surface area (Å²) in [7, 11) is 0. The molecule has 1 spiro atoms. The average Bonchev–Trinajstić information content (AvgIpc) is 3.45. The SMILES string of the molecule is CC(C)[C@H]1CC[C@@]2(CO2)[C@H]2C(=O)OCC(C(=O)OCc3ccccc3)=C[C@@H]12. The zero-order chi connectivity index (χ0) is 19.0. The molecule has 0 unspecified atom stereocenters.